The molecule has 1 unspecified atom stereocenters. The number of aromatic nitrogens is 2. The van der Waals surface area contributed by atoms with Crippen LogP contribution in [0.25, 0.3) is 0 Å². The Balaban J connectivity index is 1.88. The summed E-state index contributed by atoms with van der Waals surface area (Å²) in [5, 5.41) is 2.93. The molecule has 1 aliphatic heterocycles. The quantitative estimate of drug-likeness (QED) is 0.890. The SMILES string of the molecule is CCC1CCCCN1c1nc(C)cc(Nc2ccc(F)cc2F)n1. The van der Waals surface area contributed by atoms with Gasteiger partial charge >= 0.3 is 0 Å². The van der Waals surface area contributed by atoms with Crippen LogP contribution in [0, 0.1) is 18.6 Å². The molecule has 0 saturated carbocycles. The molecule has 6 heteroatoms. The molecule has 2 heterocycles. The van der Waals surface area contributed by atoms with E-state index in [1.807, 2.05) is 6.92 Å². The largest absolute Gasteiger partial charge is 0.338 e. The standard InChI is InChI=1S/C18H22F2N4/c1-3-14-6-4-5-9-24(14)18-21-12(2)10-17(23-18)22-16-8-7-13(19)11-15(16)20/h7-8,10-11,14H,3-6,9H2,1-2H3,(H,21,22,23). The third kappa shape index (κ3) is 3.63. The average molecular weight is 332 g/mol. The normalized spacial score (nSPS) is 17.8. The Morgan fingerprint density at radius 1 is 1.21 bits per heavy atom. The molecule has 0 aliphatic carbocycles. The minimum absolute atomic E-state index is 0.200. The van der Waals surface area contributed by atoms with E-state index < -0.39 is 11.6 Å². The van der Waals surface area contributed by atoms with Crippen molar-refractivity contribution in [2.75, 3.05) is 16.8 Å². The van der Waals surface area contributed by atoms with Crippen molar-refractivity contribution < 1.29 is 8.78 Å². The number of hydrogen-bond donors (Lipinski definition) is 1. The lowest BCUT2D eigenvalue weighted by Gasteiger charge is -2.35. The van der Waals surface area contributed by atoms with Gasteiger partial charge in [-0.2, -0.15) is 4.98 Å². The summed E-state index contributed by atoms with van der Waals surface area (Å²) in [5.41, 5.74) is 1.01. The second kappa shape index (κ2) is 7.11. The smallest absolute Gasteiger partial charge is 0.227 e. The van der Waals surface area contributed by atoms with Gasteiger partial charge in [0.1, 0.15) is 17.5 Å². The molecule has 1 N–H and O–H groups in total. The Hall–Kier alpha value is -2.24. The highest BCUT2D eigenvalue weighted by atomic mass is 19.1. The number of anilines is 3. The van der Waals surface area contributed by atoms with Crippen molar-refractivity contribution in [2.24, 2.45) is 0 Å². The van der Waals surface area contributed by atoms with Gasteiger partial charge in [-0.25, -0.2) is 13.8 Å². The van der Waals surface area contributed by atoms with Gasteiger partial charge < -0.3 is 10.2 Å². The van der Waals surface area contributed by atoms with Crippen molar-refractivity contribution >= 4 is 17.5 Å². The summed E-state index contributed by atoms with van der Waals surface area (Å²) in [6.45, 7) is 5.00. The molecule has 1 fully saturated rings. The lowest BCUT2D eigenvalue weighted by Crippen LogP contribution is -2.40. The van der Waals surface area contributed by atoms with E-state index in [1.54, 1.807) is 6.07 Å². The van der Waals surface area contributed by atoms with Gasteiger partial charge in [0.25, 0.3) is 0 Å². The summed E-state index contributed by atoms with van der Waals surface area (Å²) in [6, 6.07) is 5.65. The molecule has 3 rings (SSSR count). The van der Waals surface area contributed by atoms with Crippen LogP contribution in [0.3, 0.4) is 0 Å². The van der Waals surface area contributed by atoms with Crippen LogP contribution in [0.2, 0.25) is 0 Å². The predicted octanol–water partition coefficient (Wildman–Crippen LogP) is 4.58. The van der Waals surface area contributed by atoms with Crippen molar-refractivity contribution in [1.29, 1.82) is 0 Å². The maximum atomic E-state index is 13.9. The van der Waals surface area contributed by atoms with E-state index in [1.165, 1.54) is 18.6 Å². The summed E-state index contributed by atoms with van der Waals surface area (Å²) in [5.74, 6) is -0.0519. The van der Waals surface area contributed by atoms with Gasteiger partial charge in [-0.05, 0) is 44.7 Å². The van der Waals surface area contributed by atoms with Crippen molar-refractivity contribution in [2.45, 2.75) is 45.6 Å². The van der Waals surface area contributed by atoms with E-state index in [0.29, 0.717) is 17.8 Å². The Labute approximate surface area is 140 Å². The lowest BCUT2D eigenvalue weighted by atomic mass is 10.0. The molecule has 0 spiro atoms. The van der Waals surface area contributed by atoms with Crippen LogP contribution in [0.15, 0.2) is 24.3 Å². The van der Waals surface area contributed by atoms with Crippen LogP contribution in [-0.2, 0) is 0 Å². The van der Waals surface area contributed by atoms with Gasteiger partial charge in [0.2, 0.25) is 5.95 Å². The third-order valence-electron chi connectivity index (χ3n) is 4.39. The minimum atomic E-state index is -0.641. The summed E-state index contributed by atoms with van der Waals surface area (Å²) >= 11 is 0. The first-order valence-corrected chi connectivity index (χ1v) is 8.41. The monoisotopic (exact) mass is 332 g/mol. The zero-order valence-electron chi connectivity index (χ0n) is 14.0. The fraction of sp³-hybridized carbons (Fsp3) is 0.444. The van der Waals surface area contributed by atoms with Crippen LogP contribution in [0.4, 0.5) is 26.2 Å². The molecule has 1 saturated heterocycles. The van der Waals surface area contributed by atoms with E-state index in [9.17, 15) is 8.78 Å². The number of nitrogens with zero attached hydrogens (tertiary/aromatic N) is 3. The first-order valence-electron chi connectivity index (χ1n) is 8.41. The number of halogens is 2. The third-order valence-corrected chi connectivity index (χ3v) is 4.39. The Bertz CT molecular complexity index is 720. The second-order valence-corrected chi connectivity index (χ2v) is 6.19. The zero-order chi connectivity index (χ0) is 17.1. The molecular weight excluding hydrogens is 310 g/mol. The van der Waals surface area contributed by atoms with E-state index >= 15 is 0 Å². The molecule has 1 atom stereocenters. The van der Waals surface area contributed by atoms with Crippen molar-refractivity contribution in [3.8, 4) is 0 Å². The van der Waals surface area contributed by atoms with E-state index in [4.69, 9.17) is 0 Å². The van der Waals surface area contributed by atoms with Crippen LogP contribution >= 0.6 is 0 Å². The highest BCUT2D eigenvalue weighted by Crippen LogP contribution is 2.26. The van der Waals surface area contributed by atoms with Gasteiger partial charge in [-0.15, -0.1) is 0 Å². The van der Waals surface area contributed by atoms with Gasteiger partial charge in [0, 0.05) is 30.4 Å². The molecular formula is C18H22F2N4. The molecule has 24 heavy (non-hydrogen) atoms. The van der Waals surface area contributed by atoms with Crippen molar-refractivity contribution in [1.82, 2.24) is 9.97 Å². The molecule has 0 amide bonds. The first-order chi connectivity index (χ1) is 11.6. The average Bonchev–Trinajstić information content (AvgIpc) is 2.57. The van der Waals surface area contributed by atoms with Crippen LogP contribution in [0.5, 0.6) is 0 Å². The molecule has 2 aromatic rings. The fourth-order valence-electron chi connectivity index (χ4n) is 3.16. The maximum Gasteiger partial charge on any atom is 0.227 e. The summed E-state index contributed by atoms with van der Waals surface area (Å²) < 4.78 is 26.9. The van der Waals surface area contributed by atoms with Crippen LogP contribution in [-0.4, -0.2) is 22.6 Å². The highest BCUT2D eigenvalue weighted by Gasteiger charge is 2.23. The van der Waals surface area contributed by atoms with Crippen LogP contribution < -0.4 is 10.2 Å². The number of hydrogen-bond acceptors (Lipinski definition) is 4. The van der Waals surface area contributed by atoms with Gasteiger partial charge in [0.05, 0.1) is 5.69 Å². The first kappa shape index (κ1) is 16.6. The van der Waals surface area contributed by atoms with Gasteiger partial charge in [-0.3, -0.25) is 0 Å². The predicted molar refractivity (Wildman–Crippen MR) is 91.7 cm³/mol. The number of nitrogens with one attached hydrogen (secondary N) is 1. The van der Waals surface area contributed by atoms with E-state index in [0.717, 1.165) is 37.6 Å². The van der Waals surface area contributed by atoms with E-state index in [-0.39, 0.29) is 5.69 Å². The lowest BCUT2D eigenvalue weighted by molar-refractivity contribution is 0.443. The van der Waals surface area contributed by atoms with Crippen molar-refractivity contribution in [3.05, 3.63) is 41.6 Å². The molecule has 1 aliphatic rings. The Morgan fingerprint density at radius 2 is 2.04 bits per heavy atom. The molecule has 0 bridgehead atoms. The second-order valence-electron chi connectivity index (χ2n) is 6.19. The topological polar surface area (TPSA) is 41.1 Å². The summed E-state index contributed by atoms with van der Waals surface area (Å²) in [7, 11) is 0. The molecule has 4 nitrogen and oxygen atoms in total. The summed E-state index contributed by atoms with van der Waals surface area (Å²) in [6.07, 6.45) is 4.55. The number of piperidine rings is 1. The summed E-state index contributed by atoms with van der Waals surface area (Å²) in [4.78, 5) is 11.4. The number of benzene rings is 1. The number of rotatable bonds is 4. The zero-order valence-corrected chi connectivity index (χ0v) is 14.0. The van der Waals surface area contributed by atoms with Crippen LogP contribution in [0.1, 0.15) is 38.3 Å². The highest BCUT2D eigenvalue weighted by molar-refractivity contribution is 5.58. The minimum Gasteiger partial charge on any atom is -0.338 e. The maximum absolute atomic E-state index is 13.9. The van der Waals surface area contributed by atoms with Gasteiger partial charge in [0.15, 0.2) is 0 Å². The van der Waals surface area contributed by atoms with Crippen molar-refractivity contribution in [3.63, 3.8) is 0 Å². The molecule has 1 aromatic heterocycles. The molecule has 128 valence electrons. The fourth-order valence-corrected chi connectivity index (χ4v) is 3.16. The van der Waals surface area contributed by atoms with E-state index in [2.05, 4.69) is 27.1 Å². The Morgan fingerprint density at radius 3 is 2.79 bits per heavy atom. The van der Waals surface area contributed by atoms with Gasteiger partial charge in [-0.1, -0.05) is 6.92 Å². The Kier molecular flexibility index (Phi) is 4.92. The molecule has 0 radical (unpaired) electrons. The number of aryl methyl sites for hydroxylation is 1. The molecule has 1 aromatic carbocycles.